The molecule has 0 bridgehead atoms. The van der Waals surface area contributed by atoms with Gasteiger partial charge >= 0.3 is 0 Å². The smallest absolute Gasteiger partial charge is 0.288 e. The molecule has 1 aromatic heterocycles. The van der Waals surface area contributed by atoms with E-state index in [0.717, 1.165) is 0 Å². The number of ether oxygens (including phenoxy) is 1. The standard InChI is InChI=1S/C24H27FN4O6/c1-24(2,34)11-28-21(31)15-10-29-18-17(19(30)16(23(29)33)22(32)26-3)27-9-13(20(18)35-15)8-12-4-6-14(25)7-5-12/h4,6-7,9-10,12,16,23,33-34H,5,8,11H2,1-3H3,(H,26,32)(H,28,31). The van der Waals surface area contributed by atoms with Gasteiger partial charge in [0.1, 0.15) is 29.4 Å². The third-order valence-electron chi connectivity index (χ3n) is 5.97. The van der Waals surface area contributed by atoms with Crippen LogP contribution in [0.1, 0.15) is 36.3 Å². The highest BCUT2D eigenvalue weighted by Crippen LogP contribution is 2.45. The minimum Gasteiger partial charge on any atom is -0.447 e. The minimum absolute atomic E-state index is 0.0689. The van der Waals surface area contributed by atoms with Gasteiger partial charge in [0, 0.05) is 25.4 Å². The molecule has 186 valence electrons. The molecule has 2 amide bonds. The number of nitrogens with one attached hydrogen (secondary N) is 2. The molecule has 10 nitrogen and oxygen atoms in total. The second-order valence-electron chi connectivity index (χ2n) is 9.33. The number of ketones is 1. The lowest BCUT2D eigenvalue weighted by Crippen LogP contribution is -2.53. The lowest BCUT2D eigenvalue weighted by atomic mass is 9.88. The first-order valence-corrected chi connectivity index (χ1v) is 11.2. The van der Waals surface area contributed by atoms with Gasteiger partial charge < -0.3 is 30.5 Å². The van der Waals surface area contributed by atoms with E-state index in [1.807, 2.05) is 0 Å². The summed E-state index contributed by atoms with van der Waals surface area (Å²) in [6.07, 6.45) is 6.39. The molecular weight excluding hydrogens is 459 g/mol. The zero-order valence-corrected chi connectivity index (χ0v) is 19.5. The summed E-state index contributed by atoms with van der Waals surface area (Å²) in [4.78, 5) is 43.8. The van der Waals surface area contributed by atoms with Crippen LogP contribution >= 0.6 is 0 Å². The number of rotatable bonds is 6. The fourth-order valence-electron chi connectivity index (χ4n) is 4.15. The number of carbonyl (C=O) groups excluding carboxylic acids is 3. The van der Waals surface area contributed by atoms with Crippen molar-refractivity contribution in [1.29, 1.82) is 0 Å². The number of allylic oxidation sites excluding steroid dienone is 4. The number of aliphatic hydroxyl groups is 2. The van der Waals surface area contributed by atoms with Gasteiger partial charge in [-0.3, -0.25) is 19.4 Å². The van der Waals surface area contributed by atoms with E-state index in [2.05, 4.69) is 15.6 Å². The highest BCUT2D eigenvalue weighted by atomic mass is 19.1. The zero-order chi connectivity index (χ0) is 25.5. The highest BCUT2D eigenvalue weighted by Gasteiger charge is 2.48. The Kier molecular flexibility index (Phi) is 6.48. The Labute approximate surface area is 201 Å². The summed E-state index contributed by atoms with van der Waals surface area (Å²) in [5.74, 6) is -3.96. The average Bonchev–Trinajstić information content (AvgIpc) is 2.82. The summed E-state index contributed by atoms with van der Waals surface area (Å²) in [6, 6.07) is 0. The number of nitrogens with zero attached hydrogens (tertiary/aromatic N) is 2. The van der Waals surface area contributed by atoms with Crippen LogP contribution in [-0.4, -0.2) is 58.2 Å². The van der Waals surface area contributed by atoms with Crippen LogP contribution in [0.25, 0.3) is 0 Å². The van der Waals surface area contributed by atoms with Crippen LogP contribution in [0.4, 0.5) is 10.1 Å². The van der Waals surface area contributed by atoms with Crippen molar-refractivity contribution in [1.82, 2.24) is 15.6 Å². The molecule has 0 saturated heterocycles. The minimum atomic E-state index is -1.61. The van der Waals surface area contributed by atoms with E-state index in [4.69, 9.17) is 4.74 Å². The van der Waals surface area contributed by atoms with Gasteiger partial charge in [0.2, 0.25) is 11.7 Å². The molecule has 2 aliphatic heterocycles. The van der Waals surface area contributed by atoms with E-state index < -0.39 is 35.3 Å². The summed E-state index contributed by atoms with van der Waals surface area (Å²) < 4.78 is 19.3. The van der Waals surface area contributed by atoms with E-state index in [0.29, 0.717) is 18.4 Å². The molecule has 0 saturated carbocycles. The molecule has 4 rings (SSSR count). The number of hydrogen-bond acceptors (Lipinski definition) is 8. The molecule has 35 heavy (non-hydrogen) atoms. The molecule has 4 N–H and O–H groups in total. The quantitative estimate of drug-likeness (QED) is 0.434. The van der Waals surface area contributed by atoms with Gasteiger partial charge in [-0.1, -0.05) is 6.08 Å². The second-order valence-corrected chi connectivity index (χ2v) is 9.33. The van der Waals surface area contributed by atoms with E-state index >= 15 is 0 Å². The van der Waals surface area contributed by atoms with Gasteiger partial charge in [-0.2, -0.15) is 0 Å². The van der Waals surface area contributed by atoms with E-state index in [1.54, 1.807) is 6.08 Å². The van der Waals surface area contributed by atoms with Crippen LogP contribution in [0.15, 0.2) is 42.2 Å². The third-order valence-corrected chi connectivity index (χ3v) is 5.97. The Morgan fingerprint density at radius 3 is 2.74 bits per heavy atom. The molecule has 3 atom stereocenters. The first kappa shape index (κ1) is 24.6. The summed E-state index contributed by atoms with van der Waals surface area (Å²) in [5, 5.41) is 25.9. The van der Waals surface area contributed by atoms with E-state index in [-0.39, 0.29) is 41.2 Å². The van der Waals surface area contributed by atoms with Crippen molar-refractivity contribution < 1.29 is 33.7 Å². The molecule has 11 heteroatoms. The van der Waals surface area contributed by atoms with Gasteiger partial charge in [-0.05, 0) is 44.8 Å². The molecule has 0 radical (unpaired) electrons. The number of Topliss-reactive ketones (excluding diaryl/α,β-unsaturated/α-hetero) is 1. The number of aromatic nitrogens is 1. The Bertz CT molecular complexity index is 1170. The van der Waals surface area contributed by atoms with Crippen LogP contribution in [0, 0.1) is 11.8 Å². The van der Waals surface area contributed by atoms with Crippen molar-refractivity contribution in [2.75, 3.05) is 18.5 Å². The lowest BCUT2D eigenvalue weighted by Gasteiger charge is -2.40. The van der Waals surface area contributed by atoms with Crippen molar-refractivity contribution in [2.24, 2.45) is 11.8 Å². The Morgan fingerprint density at radius 2 is 2.11 bits per heavy atom. The Morgan fingerprint density at radius 1 is 1.37 bits per heavy atom. The van der Waals surface area contributed by atoms with E-state index in [1.165, 1.54) is 50.3 Å². The number of amides is 2. The summed E-state index contributed by atoms with van der Waals surface area (Å²) >= 11 is 0. The third kappa shape index (κ3) is 4.82. The zero-order valence-electron chi connectivity index (χ0n) is 19.5. The van der Waals surface area contributed by atoms with Crippen molar-refractivity contribution in [2.45, 2.75) is 38.5 Å². The monoisotopic (exact) mass is 486 g/mol. The van der Waals surface area contributed by atoms with Gasteiger partial charge in [-0.25, -0.2) is 4.39 Å². The molecule has 0 aromatic carbocycles. The first-order valence-electron chi connectivity index (χ1n) is 11.2. The Hall–Kier alpha value is -3.57. The summed E-state index contributed by atoms with van der Waals surface area (Å²) in [5.41, 5.74) is -0.554. The first-order chi connectivity index (χ1) is 16.5. The highest BCUT2D eigenvalue weighted by molar-refractivity contribution is 6.15. The molecular formula is C24H27FN4O6. The van der Waals surface area contributed by atoms with Crippen molar-refractivity contribution in [3.05, 3.63) is 53.5 Å². The predicted molar refractivity (Wildman–Crippen MR) is 123 cm³/mol. The van der Waals surface area contributed by atoms with E-state index in [9.17, 15) is 29.0 Å². The fourth-order valence-corrected chi connectivity index (χ4v) is 4.15. The number of carbonyl (C=O) groups is 3. The fraction of sp³-hybridized carbons (Fsp3) is 0.417. The van der Waals surface area contributed by atoms with Crippen molar-refractivity contribution in [3.63, 3.8) is 0 Å². The SMILES string of the molecule is CNC(=O)C1C(=O)c2ncc(CC3C=CC(F)=CC3)c3c2N(C=C(C(=O)NCC(C)(C)O)O3)C1O. The number of anilines is 1. The topological polar surface area (TPSA) is 141 Å². The maximum absolute atomic E-state index is 13.4. The van der Waals surface area contributed by atoms with Crippen LogP contribution in [0.5, 0.6) is 5.75 Å². The summed E-state index contributed by atoms with van der Waals surface area (Å²) in [7, 11) is 1.35. The number of pyridine rings is 1. The van der Waals surface area contributed by atoms with Crippen LogP contribution in [0.3, 0.4) is 0 Å². The second kappa shape index (κ2) is 9.23. The van der Waals surface area contributed by atoms with Gasteiger partial charge in [-0.15, -0.1) is 0 Å². The normalized spacial score (nSPS) is 23.1. The average molecular weight is 487 g/mol. The molecule has 3 unspecified atom stereocenters. The molecule has 0 spiro atoms. The maximum Gasteiger partial charge on any atom is 0.288 e. The predicted octanol–water partition coefficient (Wildman–Crippen LogP) is 0.858. The lowest BCUT2D eigenvalue weighted by molar-refractivity contribution is -0.126. The number of aliphatic hydroxyl groups excluding tert-OH is 1. The van der Waals surface area contributed by atoms with Gasteiger partial charge in [0.05, 0.1) is 11.8 Å². The molecule has 1 aromatic rings. The number of halogens is 1. The van der Waals surface area contributed by atoms with Crippen LogP contribution in [0.2, 0.25) is 0 Å². The van der Waals surface area contributed by atoms with Gasteiger partial charge in [0.15, 0.2) is 11.5 Å². The van der Waals surface area contributed by atoms with Crippen molar-refractivity contribution in [3.8, 4) is 5.75 Å². The van der Waals surface area contributed by atoms with Crippen molar-refractivity contribution >= 4 is 23.3 Å². The molecule has 1 aliphatic carbocycles. The maximum atomic E-state index is 13.4. The molecule has 0 fully saturated rings. The molecule has 3 heterocycles. The number of hydrogen-bond donors (Lipinski definition) is 4. The largest absolute Gasteiger partial charge is 0.447 e. The van der Waals surface area contributed by atoms with Crippen LogP contribution in [-0.2, 0) is 16.0 Å². The molecule has 3 aliphatic rings. The van der Waals surface area contributed by atoms with Gasteiger partial charge in [0.25, 0.3) is 5.91 Å². The summed E-state index contributed by atoms with van der Waals surface area (Å²) in [6.45, 7) is 2.98. The Balaban J connectivity index is 1.75. The van der Waals surface area contributed by atoms with Crippen LogP contribution < -0.4 is 20.3 Å².